The SMILES string of the molecule is Cc1cncc(-c2nc(-c3ccccc3N)no2)c1. The van der Waals surface area contributed by atoms with Gasteiger partial charge < -0.3 is 10.3 Å². The van der Waals surface area contributed by atoms with Crippen molar-refractivity contribution in [1.82, 2.24) is 15.1 Å². The highest BCUT2D eigenvalue weighted by molar-refractivity contribution is 5.71. The van der Waals surface area contributed by atoms with Crippen molar-refractivity contribution in [2.24, 2.45) is 0 Å². The van der Waals surface area contributed by atoms with Crippen LogP contribution in [0.2, 0.25) is 0 Å². The molecule has 0 saturated carbocycles. The summed E-state index contributed by atoms with van der Waals surface area (Å²) in [5.41, 5.74) is 9.11. The summed E-state index contributed by atoms with van der Waals surface area (Å²) in [4.78, 5) is 8.46. The third kappa shape index (κ3) is 2.18. The van der Waals surface area contributed by atoms with Crippen LogP contribution in [-0.4, -0.2) is 15.1 Å². The highest BCUT2D eigenvalue weighted by Gasteiger charge is 2.12. The van der Waals surface area contributed by atoms with Gasteiger partial charge in [-0.15, -0.1) is 0 Å². The van der Waals surface area contributed by atoms with Crippen molar-refractivity contribution in [2.75, 3.05) is 5.73 Å². The van der Waals surface area contributed by atoms with Gasteiger partial charge in [0, 0.05) is 23.6 Å². The molecule has 2 N–H and O–H groups in total. The topological polar surface area (TPSA) is 77.8 Å². The fraction of sp³-hybridized carbons (Fsp3) is 0.0714. The molecule has 0 aliphatic carbocycles. The van der Waals surface area contributed by atoms with Crippen molar-refractivity contribution in [3.8, 4) is 22.8 Å². The van der Waals surface area contributed by atoms with Gasteiger partial charge in [-0.1, -0.05) is 17.3 Å². The maximum Gasteiger partial charge on any atom is 0.259 e. The first-order valence-electron chi connectivity index (χ1n) is 5.84. The monoisotopic (exact) mass is 252 g/mol. The first-order chi connectivity index (χ1) is 9.24. The van der Waals surface area contributed by atoms with Gasteiger partial charge in [0.1, 0.15) is 0 Å². The van der Waals surface area contributed by atoms with Crippen molar-refractivity contribution in [2.45, 2.75) is 6.92 Å². The molecule has 0 bridgehead atoms. The number of para-hydroxylation sites is 1. The van der Waals surface area contributed by atoms with Gasteiger partial charge in [-0.2, -0.15) is 4.98 Å². The van der Waals surface area contributed by atoms with Crippen molar-refractivity contribution in [3.63, 3.8) is 0 Å². The smallest absolute Gasteiger partial charge is 0.259 e. The van der Waals surface area contributed by atoms with Crippen molar-refractivity contribution in [1.29, 1.82) is 0 Å². The van der Waals surface area contributed by atoms with Crippen LogP contribution in [0.1, 0.15) is 5.56 Å². The molecule has 5 heteroatoms. The molecule has 3 aromatic rings. The number of nitrogens with two attached hydrogens (primary N) is 1. The molecule has 0 fully saturated rings. The Balaban J connectivity index is 2.03. The minimum absolute atomic E-state index is 0.439. The van der Waals surface area contributed by atoms with Crippen LogP contribution in [0.25, 0.3) is 22.8 Å². The first-order valence-corrected chi connectivity index (χ1v) is 5.84. The Kier molecular flexibility index (Phi) is 2.72. The lowest BCUT2D eigenvalue weighted by atomic mass is 10.2. The molecule has 2 aromatic heterocycles. The lowest BCUT2D eigenvalue weighted by Gasteiger charge is -1.98. The van der Waals surface area contributed by atoms with Crippen LogP contribution in [0.3, 0.4) is 0 Å². The Labute approximate surface area is 110 Å². The summed E-state index contributed by atoms with van der Waals surface area (Å²) in [7, 11) is 0. The number of aryl methyl sites for hydroxylation is 1. The summed E-state index contributed by atoms with van der Waals surface area (Å²) in [6, 6.07) is 9.36. The summed E-state index contributed by atoms with van der Waals surface area (Å²) in [5.74, 6) is 0.920. The van der Waals surface area contributed by atoms with E-state index in [0.29, 0.717) is 17.4 Å². The molecule has 0 atom stereocenters. The highest BCUT2D eigenvalue weighted by atomic mass is 16.5. The number of hydrogen-bond acceptors (Lipinski definition) is 5. The average molecular weight is 252 g/mol. The second-order valence-electron chi connectivity index (χ2n) is 4.26. The highest BCUT2D eigenvalue weighted by Crippen LogP contribution is 2.25. The molecule has 5 nitrogen and oxygen atoms in total. The Morgan fingerprint density at radius 3 is 2.79 bits per heavy atom. The predicted octanol–water partition coefficient (Wildman–Crippen LogP) is 2.69. The molecule has 1 aromatic carbocycles. The molecule has 0 unspecified atom stereocenters. The number of nitrogen functional groups attached to an aromatic ring is 1. The first kappa shape index (κ1) is 11.4. The number of nitrogens with zero attached hydrogens (tertiary/aromatic N) is 3. The zero-order chi connectivity index (χ0) is 13.2. The van der Waals surface area contributed by atoms with E-state index in [1.165, 1.54) is 0 Å². The van der Waals surface area contributed by atoms with Crippen LogP contribution in [0, 0.1) is 6.92 Å². The Morgan fingerprint density at radius 2 is 2.00 bits per heavy atom. The van der Waals surface area contributed by atoms with Gasteiger partial charge in [0.2, 0.25) is 5.82 Å². The van der Waals surface area contributed by atoms with E-state index in [2.05, 4.69) is 15.1 Å². The molecular weight excluding hydrogens is 240 g/mol. The molecule has 0 spiro atoms. The standard InChI is InChI=1S/C14H12N4O/c1-9-6-10(8-16-7-9)14-17-13(18-19-14)11-4-2-3-5-12(11)15/h2-8H,15H2,1H3. The van der Waals surface area contributed by atoms with Crippen molar-refractivity contribution >= 4 is 5.69 Å². The molecule has 94 valence electrons. The number of benzene rings is 1. The fourth-order valence-electron chi connectivity index (χ4n) is 1.82. The van der Waals surface area contributed by atoms with E-state index in [-0.39, 0.29) is 0 Å². The number of pyridine rings is 1. The summed E-state index contributed by atoms with van der Waals surface area (Å²) in [5, 5.41) is 3.96. The van der Waals surface area contributed by atoms with E-state index in [1.807, 2.05) is 31.2 Å². The molecule has 0 aliphatic heterocycles. The minimum Gasteiger partial charge on any atom is -0.398 e. The molecule has 0 radical (unpaired) electrons. The van der Waals surface area contributed by atoms with E-state index >= 15 is 0 Å². The normalized spacial score (nSPS) is 10.6. The number of hydrogen-bond donors (Lipinski definition) is 1. The molecule has 0 amide bonds. The van der Waals surface area contributed by atoms with Gasteiger partial charge in [0.15, 0.2) is 0 Å². The minimum atomic E-state index is 0.439. The zero-order valence-corrected chi connectivity index (χ0v) is 10.4. The fourth-order valence-corrected chi connectivity index (χ4v) is 1.82. The molecular formula is C14H12N4O. The van der Waals surface area contributed by atoms with Gasteiger partial charge in [0.25, 0.3) is 5.89 Å². The Hall–Kier alpha value is -2.69. The van der Waals surface area contributed by atoms with Gasteiger partial charge in [-0.3, -0.25) is 4.98 Å². The van der Waals surface area contributed by atoms with Gasteiger partial charge >= 0.3 is 0 Å². The lowest BCUT2D eigenvalue weighted by Crippen LogP contribution is -1.90. The van der Waals surface area contributed by atoms with E-state index < -0.39 is 0 Å². The van der Waals surface area contributed by atoms with Gasteiger partial charge in [-0.25, -0.2) is 0 Å². The third-order valence-electron chi connectivity index (χ3n) is 2.75. The third-order valence-corrected chi connectivity index (χ3v) is 2.75. The predicted molar refractivity (Wildman–Crippen MR) is 72.1 cm³/mol. The van der Waals surface area contributed by atoms with Crippen LogP contribution in [-0.2, 0) is 0 Å². The van der Waals surface area contributed by atoms with E-state index in [0.717, 1.165) is 16.7 Å². The second kappa shape index (κ2) is 4.53. The van der Waals surface area contributed by atoms with Crippen molar-refractivity contribution in [3.05, 3.63) is 48.3 Å². The quantitative estimate of drug-likeness (QED) is 0.709. The molecule has 2 heterocycles. The van der Waals surface area contributed by atoms with Crippen LogP contribution in [0.15, 0.2) is 47.2 Å². The summed E-state index contributed by atoms with van der Waals surface area (Å²) in [6.07, 6.45) is 3.47. The van der Waals surface area contributed by atoms with Gasteiger partial charge in [-0.05, 0) is 30.7 Å². The molecule has 19 heavy (non-hydrogen) atoms. The Morgan fingerprint density at radius 1 is 1.16 bits per heavy atom. The molecule has 0 aliphatic rings. The maximum atomic E-state index is 5.89. The summed E-state index contributed by atoms with van der Waals surface area (Å²) in [6.45, 7) is 1.96. The number of aromatic nitrogens is 3. The average Bonchev–Trinajstić information content (AvgIpc) is 2.89. The van der Waals surface area contributed by atoms with Crippen LogP contribution >= 0.6 is 0 Å². The van der Waals surface area contributed by atoms with E-state index in [4.69, 9.17) is 10.3 Å². The maximum absolute atomic E-state index is 5.89. The van der Waals surface area contributed by atoms with E-state index in [1.54, 1.807) is 18.5 Å². The molecule has 3 rings (SSSR count). The van der Waals surface area contributed by atoms with Crippen LogP contribution in [0.5, 0.6) is 0 Å². The van der Waals surface area contributed by atoms with Gasteiger partial charge in [0.05, 0.1) is 5.56 Å². The number of anilines is 1. The second-order valence-corrected chi connectivity index (χ2v) is 4.26. The molecule has 0 saturated heterocycles. The summed E-state index contributed by atoms with van der Waals surface area (Å²) < 4.78 is 5.26. The van der Waals surface area contributed by atoms with Crippen LogP contribution in [0.4, 0.5) is 5.69 Å². The van der Waals surface area contributed by atoms with Crippen molar-refractivity contribution < 1.29 is 4.52 Å². The van der Waals surface area contributed by atoms with E-state index in [9.17, 15) is 0 Å². The zero-order valence-electron chi connectivity index (χ0n) is 10.4. The Bertz CT molecular complexity index is 721. The summed E-state index contributed by atoms with van der Waals surface area (Å²) >= 11 is 0. The van der Waals surface area contributed by atoms with Crippen LogP contribution < -0.4 is 5.73 Å². The largest absolute Gasteiger partial charge is 0.398 e. The lowest BCUT2D eigenvalue weighted by molar-refractivity contribution is 0.432. The number of rotatable bonds is 2.